The normalized spacial score (nSPS) is 18.6. The van der Waals surface area contributed by atoms with Crippen LogP contribution in [0.2, 0.25) is 0 Å². The van der Waals surface area contributed by atoms with Crippen LogP contribution in [-0.4, -0.2) is 51.5 Å². The summed E-state index contributed by atoms with van der Waals surface area (Å²) in [5, 5.41) is 6.75. The van der Waals surface area contributed by atoms with Gasteiger partial charge in [0.25, 0.3) is 0 Å². The third-order valence-electron chi connectivity index (χ3n) is 4.06. The third kappa shape index (κ3) is 8.37. The summed E-state index contributed by atoms with van der Waals surface area (Å²) in [6.07, 6.45) is 2.22. The second-order valence-corrected chi connectivity index (χ2v) is 6.61. The lowest BCUT2D eigenvalue weighted by atomic mass is 10.1. The number of halogens is 1. The predicted molar refractivity (Wildman–Crippen MR) is 114 cm³/mol. The second-order valence-electron chi connectivity index (χ2n) is 6.61. The van der Waals surface area contributed by atoms with Gasteiger partial charge in [0.1, 0.15) is 0 Å². The number of aryl methyl sites for hydroxylation is 2. The lowest BCUT2D eigenvalue weighted by Crippen LogP contribution is -2.45. The summed E-state index contributed by atoms with van der Waals surface area (Å²) in [6, 6.07) is 6.89. The largest absolute Gasteiger partial charge is 0.379 e. The number of hydrogen-bond acceptors (Lipinski definition) is 3. The van der Waals surface area contributed by atoms with Crippen molar-refractivity contribution in [3.05, 3.63) is 34.9 Å². The fraction of sp³-hybridized carbons (Fsp3) is 0.632. The van der Waals surface area contributed by atoms with Crippen LogP contribution in [0.3, 0.4) is 0 Å². The molecule has 2 N–H and O–H groups in total. The smallest absolute Gasteiger partial charge is 0.191 e. The average Bonchev–Trinajstić information content (AvgIpc) is 3.04. The van der Waals surface area contributed by atoms with Crippen molar-refractivity contribution in [1.82, 2.24) is 10.6 Å². The summed E-state index contributed by atoms with van der Waals surface area (Å²) in [6.45, 7) is 9.43. The highest BCUT2D eigenvalue weighted by molar-refractivity contribution is 14.0. The number of aliphatic imine (C=N–C) groups is 1. The molecule has 1 heterocycles. The number of benzene rings is 1. The molecule has 25 heavy (non-hydrogen) atoms. The number of guanidine groups is 1. The first kappa shape index (κ1) is 22.2. The fourth-order valence-electron chi connectivity index (χ4n) is 2.93. The van der Waals surface area contributed by atoms with E-state index in [0.717, 1.165) is 38.6 Å². The van der Waals surface area contributed by atoms with Crippen molar-refractivity contribution in [2.75, 3.05) is 33.4 Å². The summed E-state index contributed by atoms with van der Waals surface area (Å²) in [5.41, 5.74) is 3.98. The summed E-state index contributed by atoms with van der Waals surface area (Å²) < 4.78 is 11.2. The van der Waals surface area contributed by atoms with Gasteiger partial charge in [0.2, 0.25) is 0 Å². The second kappa shape index (κ2) is 11.7. The van der Waals surface area contributed by atoms with Crippen LogP contribution in [0.4, 0.5) is 0 Å². The molecule has 2 unspecified atom stereocenters. The maximum atomic E-state index is 5.84. The molecule has 1 saturated heterocycles. The van der Waals surface area contributed by atoms with E-state index in [9.17, 15) is 0 Å². The Morgan fingerprint density at radius 1 is 1.32 bits per heavy atom. The molecule has 142 valence electrons. The van der Waals surface area contributed by atoms with E-state index in [1.807, 2.05) is 0 Å². The highest BCUT2D eigenvalue weighted by Gasteiger charge is 2.17. The van der Waals surface area contributed by atoms with Crippen molar-refractivity contribution in [3.63, 3.8) is 0 Å². The van der Waals surface area contributed by atoms with Crippen LogP contribution in [0.1, 0.15) is 30.0 Å². The van der Waals surface area contributed by atoms with Crippen LogP contribution in [0.5, 0.6) is 0 Å². The van der Waals surface area contributed by atoms with Crippen molar-refractivity contribution < 1.29 is 9.47 Å². The summed E-state index contributed by atoms with van der Waals surface area (Å²) in [5.74, 6) is 0.818. The van der Waals surface area contributed by atoms with Crippen LogP contribution in [-0.2, 0) is 15.9 Å². The SMILES string of the molecule is CN=C(NCCc1cc(C)cc(C)c1)NC(C)COC1CCOC1.I. The van der Waals surface area contributed by atoms with Gasteiger partial charge in [-0.05, 0) is 39.2 Å². The predicted octanol–water partition coefficient (Wildman–Crippen LogP) is 2.82. The first-order chi connectivity index (χ1) is 11.6. The lowest BCUT2D eigenvalue weighted by Gasteiger charge is -2.19. The average molecular weight is 461 g/mol. The molecule has 0 spiro atoms. The Bertz CT molecular complexity index is 525. The maximum Gasteiger partial charge on any atom is 0.191 e. The Morgan fingerprint density at radius 2 is 2.04 bits per heavy atom. The van der Waals surface area contributed by atoms with Gasteiger partial charge in [-0.3, -0.25) is 4.99 Å². The molecular formula is C19H32IN3O2. The number of rotatable bonds is 7. The first-order valence-electron chi connectivity index (χ1n) is 8.80. The quantitative estimate of drug-likeness (QED) is 0.373. The van der Waals surface area contributed by atoms with Crippen molar-refractivity contribution in [2.24, 2.45) is 4.99 Å². The van der Waals surface area contributed by atoms with Gasteiger partial charge in [0.05, 0.1) is 19.3 Å². The monoisotopic (exact) mass is 461 g/mol. The Labute approximate surface area is 169 Å². The van der Waals surface area contributed by atoms with Crippen LogP contribution in [0.25, 0.3) is 0 Å². The van der Waals surface area contributed by atoms with Crippen molar-refractivity contribution in [3.8, 4) is 0 Å². The van der Waals surface area contributed by atoms with Crippen LogP contribution in [0, 0.1) is 13.8 Å². The van der Waals surface area contributed by atoms with Crippen molar-refractivity contribution in [2.45, 2.75) is 45.8 Å². The molecule has 1 fully saturated rings. The number of ether oxygens (including phenoxy) is 2. The van der Waals surface area contributed by atoms with Gasteiger partial charge in [0.15, 0.2) is 5.96 Å². The molecule has 5 nitrogen and oxygen atoms in total. The molecule has 2 rings (SSSR count). The molecule has 0 aromatic heterocycles. The topological polar surface area (TPSA) is 54.9 Å². The Kier molecular flexibility index (Phi) is 10.4. The minimum Gasteiger partial charge on any atom is -0.379 e. The minimum atomic E-state index is 0. The van der Waals surface area contributed by atoms with E-state index in [1.165, 1.54) is 16.7 Å². The van der Waals surface area contributed by atoms with Crippen LogP contribution >= 0.6 is 24.0 Å². The van der Waals surface area contributed by atoms with Crippen LogP contribution in [0.15, 0.2) is 23.2 Å². The third-order valence-corrected chi connectivity index (χ3v) is 4.06. The zero-order chi connectivity index (χ0) is 17.4. The zero-order valence-corrected chi connectivity index (χ0v) is 18.1. The molecule has 1 aromatic carbocycles. The molecule has 0 saturated carbocycles. The lowest BCUT2D eigenvalue weighted by molar-refractivity contribution is 0.0347. The molecule has 0 bridgehead atoms. The molecule has 1 aliphatic heterocycles. The Balaban J connectivity index is 0.00000312. The number of nitrogens with zero attached hydrogens (tertiary/aromatic N) is 1. The van der Waals surface area contributed by atoms with Gasteiger partial charge in [0, 0.05) is 26.2 Å². The van der Waals surface area contributed by atoms with E-state index in [2.05, 4.69) is 54.6 Å². The van der Waals surface area contributed by atoms with E-state index in [0.29, 0.717) is 6.61 Å². The van der Waals surface area contributed by atoms with Gasteiger partial charge < -0.3 is 20.1 Å². The van der Waals surface area contributed by atoms with Gasteiger partial charge in [-0.25, -0.2) is 0 Å². The minimum absolute atomic E-state index is 0. The van der Waals surface area contributed by atoms with Gasteiger partial charge in [-0.15, -0.1) is 24.0 Å². The molecule has 0 amide bonds. The standard InChI is InChI=1S/C19H31N3O2.HI/c1-14-9-15(2)11-17(10-14)5-7-21-19(20-4)22-16(3)12-24-18-6-8-23-13-18;/h9-11,16,18H,5-8,12-13H2,1-4H3,(H2,20,21,22);1H. The number of hydrogen-bond donors (Lipinski definition) is 2. The molecule has 0 radical (unpaired) electrons. The summed E-state index contributed by atoms with van der Waals surface area (Å²) in [7, 11) is 1.80. The van der Waals surface area contributed by atoms with E-state index in [-0.39, 0.29) is 36.1 Å². The summed E-state index contributed by atoms with van der Waals surface area (Å²) >= 11 is 0. The van der Waals surface area contributed by atoms with E-state index >= 15 is 0 Å². The highest BCUT2D eigenvalue weighted by atomic mass is 127. The van der Waals surface area contributed by atoms with Crippen LogP contribution < -0.4 is 10.6 Å². The van der Waals surface area contributed by atoms with Gasteiger partial charge in [-0.1, -0.05) is 29.3 Å². The van der Waals surface area contributed by atoms with E-state index in [4.69, 9.17) is 9.47 Å². The maximum absolute atomic E-state index is 5.84. The summed E-state index contributed by atoms with van der Waals surface area (Å²) in [4.78, 5) is 4.29. The number of nitrogens with one attached hydrogen (secondary N) is 2. The van der Waals surface area contributed by atoms with Gasteiger partial charge in [-0.2, -0.15) is 0 Å². The Morgan fingerprint density at radius 3 is 2.64 bits per heavy atom. The van der Waals surface area contributed by atoms with E-state index in [1.54, 1.807) is 7.05 Å². The Hall–Kier alpha value is -0.860. The van der Waals surface area contributed by atoms with Crippen molar-refractivity contribution in [1.29, 1.82) is 0 Å². The molecule has 2 atom stereocenters. The zero-order valence-electron chi connectivity index (χ0n) is 15.8. The molecular weight excluding hydrogens is 429 g/mol. The van der Waals surface area contributed by atoms with E-state index < -0.39 is 0 Å². The highest BCUT2D eigenvalue weighted by Crippen LogP contribution is 2.09. The molecule has 1 aromatic rings. The fourth-order valence-corrected chi connectivity index (χ4v) is 2.93. The first-order valence-corrected chi connectivity index (χ1v) is 8.80. The van der Waals surface area contributed by atoms with Gasteiger partial charge >= 0.3 is 0 Å². The molecule has 1 aliphatic rings. The molecule has 0 aliphatic carbocycles. The molecule has 6 heteroatoms. The van der Waals surface area contributed by atoms with Crippen molar-refractivity contribution >= 4 is 29.9 Å².